The van der Waals surface area contributed by atoms with E-state index in [1.165, 1.54) is 9.13 Å². The molecule has 1 atom stereocenters. The number of hydrogen-bond acceptors (Lipinski definition) is 2. The molecule has 0 amide bonds. The predicted octanol–water partition coefficient (Wildman–Crippen LogP) is 3.12. The molecule has 0 aromatic heterocycles. The number of carboxylic acids is 1. The summed E-state index contributed by atoms with van der Waals surface area (Å²) in [5, 5.41) is 9.31. The van der Waals surface area contributed by atoms with Gasteiger partial charge in [0.15, 0.2) is 0 Å². The fourth-order valence-corrected chi connectivity index (χ4v) is 2.82. The normalized spacial score (nSPS) is 21.5. The Balaban J connectivity index is 2.08. The van der Waals surface area contributed by atoms with Crippen LogP contribution in [0, 0.1) is 3.57 Å². The van der Waals surface area contributed by atoms with Gasteiger partial charge < -0.3 is 5.11 Å². The zero-order valence-corrected chi connectivity index (χ0v) is 12.5. The van der Waals surface area contributed by atoms with Crippen molar-refractivity contribution in [1.82, 2.24) is 4.90 Å². The Morgan fingerprint density at radius 1 is 1.28 bits per heavy atom. The molecule has 4 heteroatoms. The number of hydrogen-bond donors (Lipinski definition) is 1. The fourth-order valence-electron chi connectivity index (χ4n) is 2.46. The second-order valence-corrected chi connectivity index (χ2v) is 6.05. The topological polar surface area (TPSA) is 40.5 Å². The summed E-state index contributed by atoms with van der Waals surface area (Å²) >= 11 is 2.28. The molecule has 18 heavy (non-hydrogen) atoms. The summed E-state index contributed by atoms with van der Waals surface area (Å²) in [6, 6.07) is 8.01. The van der Waals surface area contributed by atoms with Crippen molar-refractivity contribution in [3.8, 4) is 0 Å². The van der Waals surface area contributed by atoms with Crippen LogP contribution in [0.25, 0.3) is 0 Å². The van der Waals surface area contributed by atoms with Crippen LogP contribution in [0.1, 0.15) is 31.2 Å². The van der Waals surface area contributed by atoms with Crippen molar-refractivity contribution in [3.63, 3.8) is 0 Å². The smallest absolute Gasteiger partial charge is 0.320 e. The third-order valence-corrected chi connectivity index (χ3v) is 4.17. The zero-order chi connectivity index (χ0) is 13.0. The van der Waals surface area contributed by atoms with Gasteiger partial charge in [0.25, 0.3) is 0 Å². The van der Waals surface area contributed by atoms with E-state index in [0.717, 1.165) is 38.8 Å². The molecule has 0 saturated carbocycles. The molecule has 1 aromatic rings. The first kappa shape index (κ1) is 13.8. The lowest BCUT2D eigenvalue weighted by Gasteiger charge is -2.26. The van der Waals surface area contributed by atoms with Gasteiger partial charge in [-0.05, 0) is 59.7 Å². The summed E-state index contributed by atoms with van der Waals surface area (Å²) in [5.74, 6) is -0.678. The van der Waals surface area contributed by atoms with Gasteiger partial charge in [0, 0.05) is 10.1 Å². The molecule has 0 radical (unpaired) electrons. The Labute approximate surface area is 121 Å². The third-order valence-electron chi connectivity index (χ3n) is 3.45. The van der Waals surface area contributed by atoms with Gasteiger partial charge in [-0.15, -0.1) is 0 Å². The van der Waals surface area contributed by atoms with E-state index >= 15 is 0 Å². The van der Waals surface area contributed by atoms with Crippen molar-refractivity contribution in [3.05, 3.63) is 33.4 Å². The molecule has 0 aliphatic carbocycles. The summed E-state index contributed by atoms with van der Waals surface area (Å²) in [5.41, 5.74) is 1.20. The number of nitrogens with zero attached hydrogens (tertiary/aromatic N) is 1. The van der Waals surface area contributed by atoms with Crippen molar-refractivity contribution in [1.29, 1.82) is 0 Å². The van der Waals surface area contributed by atoms with Gasteiger partial charge in [-0.1, -0.05) is 25.0 Å². The number of likely N-dealkylation sites (tertiary alicyclic amines) is 1. The Morgan fingerprint density at radius 3 is 2.67 bits per heavy atom. The third kappa shape index (κ3) is 3.68. The molecule has 1 aromatic carbocycles. The SMILES string of the molecule is O=C(O)C1CCCCCN1Cc1ccc(I)cc1. The lowest BCUT2D eigenvalue weighted by atomic mass is 10.1. The van der Waals surface area contributed by atoms with E-state index < -0.39 is 5.97 Å². The summed E-state index contributed by atoms with van der Waals surface area (Å²) in [4.78, 5) is 13.4. The van der Waals surface area contributed by atoms with Gasteiger partial charge in [-0.3, -0.25) is 9.69 Å². The fraction of sp³-hybridized carbons (Fsp3) is 0.500. The maximum absolute atomic E-state index is 11.3. The van der Waals surface area contributed by atoms with Crippen molar-refractivity contribution < 1.29 is 9.90 Å². The molecule has 1 heterocycles. The Hall–Kier alpha value is -0.620. The van der Waals surface area contributed by atoms with Crippen LogP contribution in [0.4, 0.5) is 0 Å². The van der Waals surface area contributed by atoms with Crippen molar-refractivity contribution in [2.75, 3.05) is 6.54 Å². The van der Waals surface area contributed by atoms with Crippen LogP contribution in [0.5, 0.6) is 0 Å². The largest absolute Gasteiger partial charge is 0.480 e. The van der Waals surface area contributed by atoms with Gasteiger partial charge in [0.2, 0.25) is 0 Å². The Morgan fingerprint density at radius 2 is 2.00 bits per heavy atom. The summed E-state index contributed by atoms with van der Waals surface area (Å²) in [6.45, 7) is 1.64. The summed E-state index contributed by atoms with van der Waals surface area (Å²) < 4.78 is 1.21. The number of aliphatic carboxylic acids is 1. The van der Waals surface area contributed by atoms with E-state index in [9.17, 15) is 9.90 Å². The minimum atomic E-state index is -0.678. The summed E-state index contributed by atoms with van der Waals surface area (Å²) in [6.07, 6.45) is 4.06. The van der Waals surface area contributed by atoms with Crippen LogP contribution >= 0.6 is 22.6 Å². The highest BCUT2D eigenvalue weighted by Gasteiger charge is 2.26. The first-order valence-electron chi connectivity index (χ1n) is 6.38. The molecule has 98 valence electrons. The van der Waals surface area contributed by atoms with Crippen molar-refractivity contribution >= 4 is 28.6 Å². The minimum Gasteiger partial charge on any atom is -0.480 e. The first-order chi connectivity index (χ1) is 8.66. The number of carbonyl (C=O) groups is 1. The standard InChI is InChI=1S/C14H18INO2/c15-12-7-5-11(6-8-12)10-16-9-3-1-2-4-13(16)14(17)18/h5-8,13H,1-4,9-10H2,(H,17,18). The molecule has 3 nitrogen and oxygen atoms in total. The lowest BCUT2D eigenvalue weighted by molar-refractivity contribution is -0.143. The quantitative estimate of drug-likeness (QED) is 0.844. The van der Waals surface area contributed by atoms with Crippen LogP contribution in [-0.2, 0) is 11.3 Å². The van der Waals surface area contributed by atoms with Crippen molar-refractivity contribution in [2.24, 2.45) is 0 Å². The molecule has 1 fully saturated rings. The Kier molecular flexibility index (Phi) is 5.00. The summed E-state index contributed by atoms with van der Waals surface area (Å²) in [7, 11) is 0. The van der Waals surface area contributed by atoms with Crippen LogP contribution in [0.15, 0.2) is 24.3 Å². The van der Waals surface area contributed by atoms with E-state index in [0.29, 0.717) is 0 Å². The average molecular weight is 359 g/mol. The average Bonchev–Trinajstić information content (AvgIpc) is 2.57. The maximum Gasteiger partial charge on any atom is 0.320 e. The lowest BCUT2D eigenvalue weighted by Crippen LogP contribution is -2.40. The highest BCUT2D eigenvalue weighted by Crippen LogP contribution is 2.20. The highest BCUT2D eigenvalue weighted by molar-refractivity contribution is 14.1. The van der Waals surface area contributed by atoms with E-state index in [-0.39, 0.29) is 6.04 Å². The van der Waals surface area contributed by atoms with Gasteiger partial charge >= 0.3 is 5.97 Å². The number of carboxylic acid groups (broad SMARTS) is 1. The molecule has 1 unspecified atom stereocenters. The van der Waals surface area contributed by atoms with E-state index in [4.69, 9.17) is 0 Å². The molecular weight excluding hydrogens is 341 g/mol. The molecule has 1 aliphatic heterocycles. The monoisotopic (exact) mass is 359 g/mol. The van der Waals surface area contributed by atoms with Crippen LogP contribution in [-0.4, -0.2) is 28.6 Å². The number of benzene rings is 1. The van der Waals surface area contributed by atoms with Gasteiger partial charge in [-0.25, -0.2) is 0 Å². The molecule has 2 rings (SSSR count). The molecule has 1 saturated heterocycles. The first-order valence-corrected chi connectivity index (χ1v) is 7.46. The zero-order valence-electron chi connectivity index (χ0n) is 10.3. The van der Waals surface area contributed by atoms with Crippen LogP contribution in [0.2, 0.25) is 0 Å². The Bertz CT molecular complexity index is 405. The number of halogens is 1. The van der Waals surface area contributed by atoms with Crippen LogP contribution < -0.4 is 0 Å². The van der Waals surface area contributed by atoms with Crippen LogP contribution in [0.3, 0.4) is 0 Å². The van der Waals surface area contributed by atoms with Gasteiger partial charge in [0.05, 0.1) is 0 Å². The van der Waals surface area contributed by atoms with Gasteiger partial charge in [0.1, 0.15) is 6.04 Å². The second-order valence-electron chi connectivity index (χ2n) is 4.80. The molecule has 1 N–H and O–H groups in total. The number of rotatable bonds is 3. The molecule has 0 spiro atoms. The van der Waals surface area contributed by atoms with E-state index in [1.54, 1.807) is 0 Å². The second kappa shape index (κ2) is 6.52. The van der Waals surface area contributed by atoms with Crippen molar-refractivity contribution in [2.45, 2.75) is 38.3 Å². The van der Waals surface area contributed by atoms with E-state index in [1.807, 2.05) is 0 Å². The predicted molar refractivity (Wildman–Crippen MR) is 79.5 cm³/mol. The minimum absolute atomic E-state index is 0.313. The molecule has 0 bridgehead atoms. The molecular formula is C14H18INO2. The molecule has 1 aliphatic rings. The highest BCUT2D eigenvalue weighted by atomic mass is 127. The van der Waals surface area contributed by atoms with Gasteiger partial charge in [-0.2, -0.15) is 0 Å². The maximum atomic E-state index is 11.3. The van der Waals surface area contributed by atoms with E-state index in [2.05, 4.69) is 51.8 Å².